The second-order valence-corrected chi connectivity index (χ2v) is 8.82. The first kappa shape index (κ1) is 18.9. The molecule has 6 nitrogen and oxygen atoms in total. The first-order valence-corrected chi connectivity index (χ1v) is 10.9. The molecule has 0 saturated carbocycles. The van der Waals surface area contributed by atoms with Crippen LogP contribution in [0.3, 0.4) is 0 Å². The Morgan fingerprint density at radius 3 is 2.38 bits per heavy atom. The number of thioether (sulfide) groups is 1. The quantitative estimate of drug-likeness (QED) is 0.579. The molecule has 2 aromatic heterocycles. The van der Waals surface area contributed by atoms with Crippen molar-refractivity contribution in [1.82, 2.24) is 18.9 Å². The van der Waals surface area contributed by atoms with Gasteiger partial charge in [-0.25, -0.2) is 8.42 Å². The SMILES string of the molecule is CCN(CC)S(=O)(=O)c1ccc2nnc(SCc3ccc(C)cc3)n2c1. The van der Waals surface area contributed by atoms with E-state index in [1.54, 1.807) is 22.7 Å². The van der Waals surface area contributed by atoms with Crippen LogP contribution in [-0.4, -0.2) is 40.4 Å². The highest BCUT2D eigenvalue weighted by Gasteiger charge is 2.22. The van der Waals surface area contributed by atoms with Crippen LogP contribution in [0.1, 0.15) is 25.0 Å². The molecule has 8 heteroatoms. The molecule has 0 aliphatic heterocycles. The summed E-state index contributed by atoms with van der Waals surface area (Å²) in [6, 6.07) is 11.6. The predicted octanol–water partition coefficient (Wildman–Crippen LogP) is 3.36. The molecule has 0 fully saturated rings. The van der Waals surface area contributed by atoms with Crippen LogP contribution in [0.25, 0.3) is 5.65 Å². The molecule has 0 amide bonds. The van der Waals surface area contributed by atoms with E-state index in [0.29, 0.717) is 23.9 Å². The van der Waals surface area contributed by atoms with Crippen LogP contribution in [0, 0.1) is 6.92 Å². The fourth-order valence-electron chi connectivity index (χ4n) is 2.65. The molecule has 1 aromatic carbocycles. The van der Waals surface area contributed by atoms with Gasteiger partial charge in [0.2, 0.25) is 10.0 Å². The van der Waals surface area contributed by atoms with Crippen molar-refractivity contribution in [1.29, 1.82) is 0 Å². The second kappa shape index (κ2) is 7.77. The molecule has 0 saturated heterocycles. The first-order valence-electron chi connectivity index (χ1n) is 8.49. The van der Waals surface area contributed by atoms with E-state index < -0.39 is 10.0 Å². The largest absolute Gasteiger partial charge is 0.276 e. The minimum Gasteiger partial charge on any atom is -0.276 e. The maximum absolute atomic E-state index is 12.7. The van der Waals surface area contributed by atoms with Crippen LogP contribution < -0.4 is 0 Å². The van der Waals surface area contributed by atoms with Gasteiger partial charge in [0.25, 0.3) is 0 Å². The van der Waals surface area contributed by atoms with E-state index in [1.165, 1.54) is 27.2 Å². The fourth-order valence-corrected chi connectivity index (χ4v) is 4.97. The monoisotopic (exact) mass is 390 g/mol. The average molecular weight is 391 g/mol. The number of rotatable bonds is 7. The Bertz CT molecular complexity index is 994. The smallest absolute Gasteiger partial charge is 0.244 e. The van der Waals surface area contributed by atoms with Crippen molar-refractivity contribution < 1.29 is 8.42 Å². The van der Waals surface area contributed by atoms with E-state index >= 15 is 0 Å². The van der Waals surface area contributed by atoms with Crippen LogP contribution >= 0.6 is 11.8 Å². The zero-order valence-corrected chi connectivity index (χ0v) is 16.7. The van der Waals surface area contributed by atoms with Crippen LogP contribution in [0.15, 0.2) is 52.6 Å². The maximum Gasteiger partial charge on any atom is 0.244 e. The first-order chi connectivity index (χ1) is 12.5. The summed E-state index contributed by atoms with van der Waals surface area (Å²) in [5.74, 6) is 0.744. The molecular weight excluding hydrogens is 368 g/mol. The standard InChI is InChI=1S/C18H22N4O2S2/c1-4-21(5-2)26(23,24)16-10-11-17-19-20-18(22(17)12-16)25-13-15-8-6-14(3)7-9-15/h6-12H,4-5,13H2,1-3H3. The Hall–Kier alpha value is -1.90. The summed E-state index contributed by atoms with van der Waals surface area (Å²) in [6.07, 6.45) is 1.61. The van der Waals surface area contributed by atoms with Gasteiger partial charge in [0.1, 0.15) is 0 Å². The van der Waals surface area contributed by atoms with Crippen molar-refractivity contribution >= 4 is 27.4 Å². The number of nitrogens with zero attached hydrogens (tertiary/aromatic N) is 4. The molecule has 3 aromatic rings. The summed E-state index contributed by atoms with van der Waals surface area (Å²) in [4.78, 5) is 0.255. The Kier molecular flexibility index (Phi) is 5.64. The van der Waals surface area contributed by atoms with Crippen molar-refractivity contribution in [3.05, 3.63) is 53.7 Å². The second-order valence-electron chi connectivity index (χ2n) is 5.94. The zero-order valence-electron chi connectivity index (χ0n) is 15.1. The van der Waals surface area contributed by atoms with E-state index in [1.807, 2.05) is 13.8 Å². The molecule has 138 valence electrons. The number of aryl methyl sites for hydroxylation is 1. The highest BCUT2D eigenvalue weighted by Crippen LogP contribution is 2.24. The minimum absolute atomic E-state index is 0.255. The van der Waals surface area contributed by atoms with Gasteiger partial charge in [-0.05, 0) is 24.6 Å². The van der Waals surface area contributed by atoms with E-state index in [-0.39, 0.29) is 4.90 Å². The van der Waals surface area contributed by atoms with E-state index in [2.05, 4.69) is 41.4 Å². The molecule has 0 atom stereocenters. The molecule has 3 rings (SSSR count). The summed E-state index contributed by atoms with van der Waals surface area (Å²) in [6.45, 7) is 6.60. The van der Waals surface area contributed by atoms with Crippen molar-refractivity contribution in [2.45, 2.75) is 36.6 Å². The minimum atomic E-state index is -3.51. The Morgan fingerprint density at radius 1 is 1.04 bits per heavy atom. The molecule has 2 heterocycles. The van der Waals surface area contributed by atoms with E-state index in [9.17, 15) is 8.42 Å². The molecule has 0 unspecified atom stereocenters. The highest BCUT2D eigenvalue weighted by atomic mass is 32.2. The number of hydrogen-bond acceptors (Lipinski definition) is 5. The fraction of sp³-hybridized carbons (Fsp3) is 0.333. The molecule has 26 heavy (non-hydrogen) atoms. The third-order valence-electron chi connectivity index (χ3n) is 4.18. The lowest BCUT2D eigenvalue weighted by Gasteiger charge is -2.18. The highest BCUT2D eigenvalue weighted by molar-refractivity contribution is 7.98. The number of pyridine rings is 1. The van der Waals surface area contributed by atoms with Gasteiger partial charge in [-0.2, -0.15) is 4.31 Å². The Balaban J connectivity index is 1.89. The number of sulfonamides is 1. The molecule has 0 spiro atoms. The van der Waals surface area contributed by atoms with Crippen LogP contribution in [0.5, 0.6) is 0 Å². The summed E-state index contributed by atoms with van der Waals surface area (Å²) in [5.41, 5.74) is 3.04. The van der Waals surface area contributed by atoms with E-state index in [4.69, 9.17) is 0 Å². The van der Waals surface area contributed by atoms with Crippen LogP contribution in [0.2, 0.25) is 0 Å². The third kappa shape index (κ3) is 3.77. The van der Waals surface area contributed by atoms with Gasteiger partial charge in [-0.3, -0.25) is 4.40 Å². The number of aromatic nitrogens is 3. The summed E-state index contributed by atoms with van der Waals surface area (Å²) in [5, 5.41) is 9.02. The molecule has 0 bridgehead atoms. The summed E-state index contributed by atoms with van der Waals surface area (Å²) < 4.78 is 28.7. The molecule has 0 N–H and O–H groups in total. The Morgan fingerprint density at radius 2 is 1.73 bits per heavy atom. The topological polar surface area (TPSA) is 67.6 Å². The van der Waals surface area contributed by atoms with Crippen molar-refractivity contribution in [3.63, 3.8) is 0 Å². The molecule has 0 radical (unpaired) electrons. The summed E-state index contributed by atoms with van der Waals surface area (Å²) >= 11 is 1.54. The van der Waals surface area contributed by atoms with Gasteiger partial charge in [0.15, 0.2) is 10.8 Å². The third-order valence-corrected chi connectivity index (χ3v) is 7.22. The zero-order chi connectivity index (χ0) is 18.7. The number of fused-ring (bicyclic) bond motifs is 1. The van der Waals surface area contributed by atoms with Crippen molar-refractivity contribution in [2.75, 3.05) is 13.1 Å². The van der Waals surface area contributed by atoms with Gasteiger partial charge in [-0.15, -0.1) is 10.2 Å². The molecule has 0 aliphatic carbocycles. The van der Waals surface area contributed by atoms with Crippen molar-refractivity contribution in [3.8, 4) is 0 Å². The average Bonchev–Trinajstić information content (AvgIpc) is 3.04. The maximum atomic E-state index is 12.7. The van der Waals surface area contributed by atoms with E-state index in [0.717, 1.165) is 5.75 Å². The lowest BCUT2D eigenvalue weighted by molar-refractivity contribution is 0.445. The normalized spacial score (nSPS) is 12.2. The lowest BCUT2D eigenvalue weighted by Crippen LogP contribution is -2.30. The summed E-state index contributed by atoms with van der Waals surface area (Å²) in [7, 11) is -3.51. The van der Waals surface area contributed by atoms with Gasteiger partial charge in [0, 0.05) is 25.0 Å². The predicted molar refractivity (Wildman–Crippen MR) is 104 cm³/mol. The lowest BCUT2D eigenvalue weighted by atomic mass is 10.2. The number of benzene rings is 1. The van der Waals surface area contributed by atoms with Crippen molar-refractivity contribution in [2.24, 2.45) is 0 Å². The molecule has 0 aliphatic rings. The van der Waals surface area contributed by atoms with Gasteiger partial charge in [-0.1, -0.05) is 55.4 Å². The van der Waals surface area contributed by atoms with Crippen LogP contribution in [-0.2, 0) is 15.8 Å². The van der Waals surface area contributed by atoms with Gasteiger partial charge >= 0.3 is 0 Å². The van der Waals surface area contributed by atoms with Gasteiger partial charge in [0.05, 0.1) is 4.90 Å². The van der Waals surface area contributed by atoms with Gasteiger partial charge < -0.3 is 0 Å². The molecular formula is C18H22N4O2S2. The Labute approximate surface area is 158 Å². The van der Waals surface area contributed by atoms with Crippen LogP contribution in [0.4, 0.5) is 0 Å². The number of hydrogen-bond donors (Lipinski definition) is 0.